The number of rotatable bonds is 2. The number of Topliss-reactive ketones (excluding diaryl/α,β-unsaturated/α-hetero) is 1. The summed E-state index contributed by atoms with van der Waals surface area (Å²) in [5.74, 6) is 7.21. The van der Waals surface area contributed by atoms with Gasteiger partial charge < -0.3 is 14.7 Å². The van der Waals surface area contributed by atoms with E-state index in [1.165, 1.54) is 22.3 Å². The van der Waals surface area contributed by atoms with Crippen molar-refractivity contribution in [2.75, 3.05) is 19.0 Å². The Kier molecular flexibility index (Phi) is 6.04. The number of aliphatic hydroxyl groups is 1. The number of ketones is 1. The SMILES string of the molecule is Cc1ccc(C#C[C@]2(O)CC[C@H]3[C@@H]4OC=C5CC(=O)CCC5=C4[C@@H](c4ccc(N(C)C)cc4)C[C@@]32C)cc1. The Hall–Kier alpha value is -3.29. The van der Waals surface area contributed by atoms with E-state index in [0.29, 0.717) is 19.3 Å². The first-order valence-electron chi connectivity index (χ1n) is 13.9. The molecule has 4 nitrogen and oxygen atoms in total. The lowest BCUT2D eigenvalue weighted by Gasteiger charge is -2.52. The first-order chi connectivity index (χ1) is 18.2. The Morgan fingerprint density at radius 1 is 1.05 bits per heavy atom. The number of aryl methyl sites for hydroxylation is 1. The lowest BCUT2D eigenvalue weighted by atomic mass is 9.55. The minimum Gasteiger partial charge on any atom is -0.493 e. The number of hydrogen-bond donors (Lipinski definition) is 1. The number of anilines is 1. The molecular weight excluding hydrogens is 470 g/mol. The van der Waals surface area contributed by atoms with Crippen molar-refractivity contribution in [3.63, 3.8) is 0 Å². The average molecular weight is 508 g/mol. The highest BCUT2D eigenvalue weighted by molar-refractivity contribution is 5.84. The van der Waals surface area contributed by atoms with Gasteiger partial charge in [-0.3, -0.25) is 4.79 Å². The zero-order chi connectivity index (χ0) is 26.7. The van der Waals surface area contributed by atoms with Gasteiger partial charge in [-0.1, -0.05) is 48.6 Å². The van der Waals surface area contributed by atoms with Gasteiger partial charge in [0.2, 0.25) is 0 Å². The summed E-state index contributed by atoms with van der Waals surface area (Å²) in [6.45, 7) is 4.29. The normalized spacial score (nSPS) is 31.8. The molecule has 0 unspecified atom stereocenters. The molecule has 0 aromatic heterocycles. The van der Waals surface area contributed by atoms with Crippen molar-refractivity contribution in [3.8, 4) is 11.8 Å². The molecule has 1 N–H and O–H groups in total. The second-order valence-electron chi connectivity index (χ2n) is 12.1. The van der Waals surface area contributed by atoms with Crippen molar-refractivity contribution in [1.29, 1.82) is 0 Å². The molecule has 0 spiro atoms. The fourth-order valence-corrected chi connectivity index (χ4v) is 7.33. The molecular formula is C34H37NO3. The van der Waals surface area contributed by atoms with Crippen LogP contribution in [-0.2, 0) is 9.53 Å². The highest BCUT2D eigenvalue weighted by Crippen LogP contribution is 2.64. The number of carbonyl (C=O) groups is 1. The van der Waals surface area contributed by atoms with Gasteiger partial charge in [-0.15, -0.1) is 0 Å². The lowest BCUT2D eigenvalue weighted by Crippen LogP contribution is -2.53. The predicted molar refractivity (Wildman–Crippen MR) is 151 cm³/mol. The third-order valence-corrected chi connectivity index (χ3v) is 9.67. The first-order valence-corrected chi connectivity index (χ1v) is 13.9. The smallest absolute Gasteiger partial charge is 0.137 e. The number of hydrogen-bond acceptors (Lipinski definition) is 4. The fourth-order valence-electron chi connectivity index (χ4n) is 7.33. The van der Waals surface area contributed by atoms with Gasteiger partial charge in [-0.05, 0) is 79.2 Å². The van der Waals surface area contributed by atoms with Gasteiger partial charge in [0.15, 0.2) is 0 Å². The van der Waals surface area contributed by atoms with Gasteiger partial charge in [0, 0.05) is 55.4 Å². The quantitative estimate of drug-likeness (QED) is 0.501. The molecule has 38 heavy (non-hydrogen) atoms. The molecule has 3 aliphatic carbocycles. The van der Waals surface area contributed by atoms with Gasteiger partial charge >= 0.3 is 0 Å². The third-order valence-electron chi connectivity index (χ3n) is 9.67. The number of allylic oxidation sites excluding steroid dienone is 2. The van der Waals surface area contributed by atoms with E-state index in [-0.39, 0.29) is 23.7 Å². The lowest BCUT2D eigenvalue weighted by molar-refractivity contribution is -0.119. The molecule has 2 aromatic carbocycles. The summed E-state index contributed by atoms with van der Waals surface area (Å²) in [4.78, 5) is 14.4. The second kappa shape index (κ2) is 9.17. The molecule has 4 aliphatic rings. The van der Waals surface area contributed by atoms with Crippen LogP contribution in [0.2, 0.25) is 0 Å². The molecule has 3 fully saturated rings. The van der Waals surface area contributed by atoms with Crippen molar-refractivity contribution in [2.24, 2.45) is 11.3 Å². The second-order valence-corrected chi connectivity index (χ2v) is 12.1. The van der Waals surface area contributed by atoms with Crippen LogP contribution >= 0.6 is 0 Å². The first kappa shape index (κ1) is 25.0. The number of nitrogens with zero attached hydrogens (tertiary/aromatic N) is 1. The van der Waals surface area contributed by atoms with Crippen LogP contribution in [0.15, 0.2) is 71.5 Å². The maximum Gasteiger partial charge on any atom is 0.137 e. The summed E-state index contributed by atoms with van der Waals surface area (Å²) < 4.78 is 6.52. The van der Waals surface area contributed by atoms with Gasteiger partial charge in [0.25, 0.3) is 0 Å². The molecule has 196 valence electrons. The van der Waals surface area contributed by atoms with E-state index in [1.54, 1.807) is 0 Å². The Balaban J connectivity index is 1.44. The standard InChI is InChI=1S/C34H37NO3/c1-22-5-7-23(8-6-22)15-17-34(37)18-16-30-32-31(28-14-13-27(36)19-25(28)21-38-32)29(20-33(30,34)2)24-9-11-26(12-10-24)35(3)4/h5-12,21,29-30,32,37H,13-14,16,18-20H2,1-4H3/t29-,30+,32+,33+,34+/m1/s1. The molecule has 2 aromatic rings. The summed E-state index contributed by atoms with van der Waals surface area (Å²) in [6.07, 6.45) is 5.91. The van der Waals surface area contributed by atoms with Crippen LogP contribution in [0, 0.1) is 30.1 Å². The summed E-state index contributed by atoms with van der Waals surface area (Å²) in [6, 6.07) is 17.0. The molecule has 5 atom stereocenters. The van der Waals surface area contributed by atoms with Crippen LogP contribution in [-0.4, -0.2) is 36.7 Å². The van der Waals surface area contributed by atoms with E-state index < -0.39 is 11.0 Å². The number of fused-ring (bicyclic) bond motifs is 4. The summed E-state index contributed by atoms with van der Waals surface area (Å²) in [5, 5.41) is 12.2. The maximum atomic E-state index is 12.3. The van der Waals surface area contributed by atoms with Crippen LogP contribution in [0.1, 0.15) is 68.1 Å². The van der Waals surface area contributed by atoms with Gasteiger partial charge in [0.1, 0.15) is 17.5 Å². The van der Waals surface area contributed by atoms with Gasteiger partial charge in [0.05, 0.1) is 6.26 Å². The Labute approximate surface area is 226 Å². The van der Waals surface area contributed by atoms with Crippen molar-refractivity contribution in [1.82, 2.24) is 0 Å². The number of carbonyl (C=O) groups excluding carboxylic acids is 1. The van der Waals surface area contributed by atoms with Crippen LogP contribution in [0.3, 0.4) is 0 Å². The minimum absolute atomic E-state index is 0.102. The maximum absolute atomic E-state index is 12.3. The van der Waals surface area contributed by atoms with Gasteiger partial charge in [-0.2, -0.15) is 0 Å². The van der Waals surface area contributed by atoms with Crippen LogP contribution in [0.4, 0.5) is 5.69 Å². The monoisotopic (exact) mass is 507 g/mol. The molecule has 0 radical (unpaired) electrons. The van der Waals surface area contributed by atoms with E-state index >= 15 is 0 Å². The molecule has 4 heteroatoms. The molecule has 1 aliphatic heterocycles. The van der Waals surface area contributed by atoms with Crippen molar-refractivity contribution < 1.29 is 14.6 Å². The van der Waals surface area contributed by atoms with Crippen molar-refractivity contribution in [2.45, 2.75) is 70.0 Å². The van der Waals surface area contributed by atoms with E-state index in [4.69, 9.17) is 4.74 Å². The Morgan fingerprint density at radius 3 is 2.50 bits per heavy atom. The summed E-state index contributed by atoms with van der Waals surface area (Å²) in [5.41, 5.74) is 6.72. The molecule has 1 heterocycles. The summed E-state index contributed by atoms with van der Waals surface area (Å²) >= 11 is 0. The molecule has 0 amide bonds. The summed E-state index contributed by atoms with van der Waals surface area (Å²) in [7, 11) is 4.11. The van der Waals surface area contributed by atoms with Crippen molar-refractivity contribution >= 4 is 11.5 Å². The largest absolute Gasteiger partial charge is 0.493 e. The van der Waals surface area contributed by atoms with Crippen LogP contribution < -0.4 is 4.90 Å². The van der Waals surface area contributed by atoms with Crippen LogP contribution in [0.5, 0.6) is 0 Å². The minimum atomic E-state index is -1.10. The number of ether oxygens (including phenoxy) is 1. The predicted octanol–water partition coefficient (Wildman–Crippen LogP) is 6.08. The topological polar surface area (TPSA) is 49.8 Å². The highest BCUT2D eigenvalue weighted by atomic mass is 16.5. The van der Waals surface area contributed by atoms with Gasteiger partial charge in [-0.25, -0.2) is 0 Å². The fraction of sp³-hybridized carbons (Fsp3) is 0.441. The molecule has 3 saturated carbocycles. The Morgan fingerprint density at radius 2 is 1.79 bits per heavy atom. The number of benzene rings is 2. The highest BCUT2D eigenvalue weighted by Gasteiger charge is 2.63. The van der Waals surface area contributed by atoms with E-state index in [0.717, 1.165) is 36.1 Å². The van der Waals surface area contributed by atoms with E-state index in [2.05, 4.69) is 81.1 Å². The van der Waals surface area contributed by atoms with Crippen LogP contribution in [0.25, 0.3) is 0 Å². The zero-order valence-electron chi connectivity index (χ0n) is 22.9. The third kappa shape index (κ3) is 4.00. The zero-order valence-corrected chi connectivity index (χ0v) is 22.9. The molecule has 0 bridgehead atoms. The van der Waals surface area contributed by atoms with E-state index in [9.17, 15) is 9.90 Å². The molecule has 0 saturated heterocycles. The average Bonchev–Trinajstić information content (AvgIpc) is 3.18. The molecule has 6 rings (SSSR count). The van der Waals surface area contributed by atoms with E-state index in [1.807, 2.05) is 18.4 Å². The van der Waals surface area contributed by atoms with Crippen molar-refractivity contribution in [3.05, 3.63) is 88.2 Å². The Bertz CT molecular complexity index is 1390.